The van der Waals surface area contributed by atoms with E-state index in [2.05, 4.69) is 13.8 Å². The van der Waals surface area contributed by atoms with Gasteiger partial charge in [0.25, 0.3) is 0 Å². The van der Waals surface area contributed by atoms with E-state index in [1.165, 1.54) is 6.42 Å². The van der Waals surface area contributed by atoms with E-state index in [9.17, 15) is 10.2 Å². The number of ether oxygens (including phenoxy) is 1. The SMILES string of the molecule is C[C@]12CC[C@H](OCCN)C[C@H]1CC[C@@H]1[C@@H]2CC[C@]2(C)[C@@](O)(c3ccoc3)CC[C@]12O. The average molecular weight is 418 g/mol. The summed E-state index contributed by atoms with van der Waals surface area (Å²) >= 11 is 0. The van der Waals surface area contributed by atoms with Crippen LogP contribution in [0.25, 0.3) is 0 Å². The Labute approximate surface area is 180 Å². The quantitative estimate of drug-likeness (QED) is 0.690. The van der Waals surface area contributed by atoms with Crippen molar-refractivity contribution in [2.45, 2.75) is 88.9 Å². The molecule has 30 heavy (non-hydrogen) atoms. The third-order valence-corrected chi connectivity index (χ3v) is 10.4. The second-order valence-corrected chi connectivity index (χ2v) is 11.2. The zero-order valence-electron chi connectivity index (χ0n) is 18.6. The van der Waals surface area contributed by atoms with Crippen LogP contribution in [0, 0.1) is 28.6 Å². The van der Waals surface area contributed by atoms with Gasteiger partial charge in [-0.25, -0.2) is 0 Å². The third-order valence-electron chi connectivity index (χ3n) is 10.4. The molecule has 0 unspecified atom stereocenters. The lowest BCUT2D eigenvalue weighted by atomic mass is 9.43. The summed E-state index contributed by atoms with van der Waals surface area (Å²) in [7, 11) is 0. The Morgan fingerprint density at radius 2 is 1.90 bits per heavy atom. The van der Waals surface area contributed by atoms with Gasteiger partial charge in [0, 0.05) is 17.5 Å². The fourth-order valence-corrected chi connectivity index (χ4v) is 8.55. The topological polar surface area (TPSA) is 88.9 Å². The maximum Gasteiger partial charge on any atom is 0.101 e. The molecule has 4 fully saturated rings. The lowest BCUT2D eigenvalue weighted by Gasteiger charge is -2.64. The van der Waals surface area contributed by atoms with Crippen LogP contribution < -0.4 is 5.73 Å². The first-order valence-corrected chi connectivity index (χ1v) is 12.1. The molecule has 5 heteroatoms. The van der Waals surface area contributed by atoms with Crippen molar-refractivity contribution in [1.29, 1.82) is 0 Å². The lowest BCUT2D eigenvalue weighted by molar-refractivity contribution is -0.239. The molecule has 1 aromatic rings. The van der Waals surface area contributed by atoms with Crippen molar-refractivity contribution in [2.75, 3.05) is 13.2 Å². The van der Waals surface area contributed by atoms with Crippen LogP contribution in [0.3, 0.4) is 0 Å². The zero-order chi connectivity index (χ0) is 21.2. The molecule has 5 rings (SSSR count). The highest BCUT2D eigenvalue weighted by Crippen LogP contribution is 2.71. The van der Waals surface area contributed by atoms with E-state index >= 15 is 0 Å². The number of furan rings is 1. The molecule has 5 nitrogen and oxygen atoms in total. The van der Waals surface area contributed by atoms with Gasteiger partial charge in [0.1, 0.15) is 5.60 Å². The van der Waals surface area contributed by atoms with Gasteiger partial charge in [-0.1, -0.05) is 13.8 Å². The summed E-state index contributed by atoms with van der Waals surface area (Å²) in [6.07, 6.45) is 12.5. The van der Waals surface area contributed by atoms with E-state index in [0.717, 1.165) is 44.1 Å². The molecule has 8 atom stereocenters. The Morgan fingerprint density at radius 3 is 2.63 bits per heavy atom. The van der Waals surface area contributed by atoms with Crippen LogP contribution in [0.2, 0.25) is 0 Å². The van der Waals surface area contributed by atoms with Crippen LogP contribution in [0.5, 0.6) is 0 Å². The van der Waals surface area contributed by atoms with E-state index < -0.39 is 16.6 Å². The van der Waals surface area contributed by atoms with Gasteiger partial charge < -0.3 is 25.1 Å². The molecule has 0 aromatic carbocycles. The summed E-state index contributed by atoms with van der Waals surface area (Å²) in [5.41, 5.74) is 4.38. The standard InChI is InChI=1S/C25H39NO4/c1-22-8-5-19(30-14-12-26)15-17(22)3-4-21-20(22)6-9-23(2)24(27,10-11-25(21,23)28)18-7-13-29-16-18/h7,13,16-17,19-21,27-28H,3-6,8-12,14-15,26H2,1-2H3/t17-,19+,20+,21-,22+,23-,24+,25+/m1/s1. The second-order valence-electron chi connectivity index (χ2n) is 11.2. The summed E-state index contributed by atoms with van der Waals surface area (Å²) in [6, 6.07) is 1.88. The summed E-state index contributed by atoms with van der Waals surface area (Å²) in [6.45, 7) is 5.87. The van der Waals surface area contributed by atoms with E-state index in [-0.39, 0.29) is 11.3 Å². The summed E-state index contributed by atoms with van der Waals surface area (Å²) < 4.78 is 11.3. The maximum absolute atomic E-state index is 12.2. The number of fused-ring (bicyclic) bond motifs is 5. The van der Waals surface area contributed by atoms with Crippen molar-refractivity contribution in [3.63, 3.8) is 0 Å². The Kier molecular flexibility index (Phi) is 4.94. The Bertz CT molecular complexity index is 767. The fraction of sp³-hybridized carbons (Fsp3) is 0.840. The minimum Gasteiger partial charge on any atom is -0.472 e. The highest BCUT2D eigenvalue weighted by atomic mass is 16.5. The summed E-state index contributed by atoms with van der Waals surface area (Å²) in [4.78, 5) is 0. The van der Waals surface area contributed by atoms with Crippen molar-refractivity contribution in [2.24, 2.45) is 34.3 Å². The van der Waals surface area contributed by atoms with E-state index in [0.29, 0.717) is 43.9 Å². The van der Waals surface area contributed by atoms with Crippen LogP contribution in [0.1, 0.15) is 77.2 Å². The van der Waals surface area contributed by atoms with Gasteiger partial charge in [0.15, 0.2) is 0 Å². The molecule has 0 spiro atoms. The molecule has 0 aliphatic heterocycles. The van der Waals surface area contributed by atoms with Crippen LogP contribution in [-0.2, 0) is 10.3 Å². The van der Waals surface area contributed by atoms with E-state index in [4.69, 9.17) is 14.9 Å². The molecule has 1 aromatic heterocycles. The van der Waals surface area contributed by atoms with Gasteiger partial charge in [-0.05, 0) is 87.0 Å². The monoisotopic (exact) mass is 417 g/mol. The molecular weight excluding hydrogens is 378 g/mol. The van der Waals surface area contributed by atoms with E-state index in [1.54, 1.807) is 12.5 Å². The summed E-state index contributed by atoms with van der Waals surface area (Å²) in [5, 5.41) is 24.1. The van der Waals surface area contributed by atoms with Crippen LogP contribution in [0.4, 0.5) is 0 Å². The van der Waals surface area contributed by atoms with Gasteiger partial charge in [0.05, 0.1) is 30.8 Å². The number of aliphatic hydroxyl groups is 2. The molecule has 4 saturated carbocycles. The van der Waals surface area contributed by atoms with Crippen molar-refractivity contribution >= 4 is 0 Å². The number of nitrogens with two attached hydrogens (primary N) is 1. The van der Waals surface area contributed by atoms with E-state index in [1.807, 2.05) is 6.07 Å². The molecule has 168 valence electrons. The maximum atomic E-state index is 12.2. The largest absolute Gasteiger partial charge is 0.472 e. The average Bonchev–Trinajstić information content (AvgIpc) is 3.34. The highest BCUT2D eigenvalue weighted by Gasteiger charge is 2.72. The van der Waals surface area contributed by atoms with Crippen LogP contribution in [-0.4, -0.2) is 35.1 Å². The third kappa shape index (κ3) is 2.61. The van der Waals surface area contributed by atoms with Gasteiger partial charge in [-0.3, -0.25) is 0 Å². The fourth-order valence-electron chi connectivity index (χ4n) is 8.55. The minimum absolute atomic E-state index is 0.263. The van der Waals surface area contributed by atoms with Crippen LogP contribution >= 0.6 is 0 Å². The molecule has 0 bridgehead atoms. The predicted molar refractivity (Wildman–Crippen MR) is 115 cm³/mol. The van der Waals surface area contributed by atoms with Crippen molar-refractivity contribution in [1.82, 2.24) is 0 Å². The molecule has 0 amide bonds. The molecule has 4 N–H and O–H groups in total. The molecule has 0 radical (unpaired) electrons. The minimum atomic E-state index is -1.01. The highest BCUT2D eigenvalue weighted by molar-refractivity contribution is 5.30. The molecule has 1 heterocycles. The first-order valence-electron chi connectivity index (χ1n) is 12.1. The van der Waals surface area contributed by atoms with Crippen molar-refractivity contribution < 1.29 is 19.4 Å². The Morgan fingerprint density at radius 1 is 1.07 bits per heavy atom. The van der Waals surface area contributed by atoms with Crippen molar-refractivity contribution in [3.8, 4) is 0 Å². The molecule has 4 aliphatic rings. The molecule has 4 aliphatic carbocycles. The van der Waals surface area contributed by atoms with Crippen molar-refractivity contribution in [3.05, 3.63) is 24.2 Å². The van der Waals surface area contributed by atoms with Gasteiger partial charge in [0.2, 0.25) is 0 Å². The number of hydrogen-bond donors (Lipinski definition) is 3. The van der Waals surface area contributed by atoms with Gasteiger partial charge >= 0.3 is 0 Å². The first kappa shape index (κ1) is 21.0. The van der Waals surface area contributed by atoms with Gasteiger partial charge in [-0.15, -0.1) is 0 Å². The molecular formula is C25H39NO4. The van der Waals surface area contributed by atoms with Crippen LogP contribution in [0.15, 0.2) is 23.0 Å². The normalized spacial score (nSPS) is 50.6. The second kappa shape index (κ2) is 7.06. The van der Waals surface area contributed by atoms with Gasteiger partial charge in [-0.2, -0.15) is 0 Å². The predicted octanol–water partition coefficient (Wildman–Crippen LogP) is 3.97. The Hall–Kier alpha value is -0.880. The smallest absolute Gasteiger partial charge is 0.101 e. The first-order chi connectivity index (χ1) is 14.3. The Balaban J connectivity index is 1.42. The number of hydrogen-bond acceptors (Lipinski definition) is 5. The zero-order valence-corrected chi connectivity index (χ0v) is 18.6. The number of rotatable bonds is 4. The lowest BCUT2D eigenvalue weighted by Crippen LogP contribution is -2.64. The molecule has 0 saturated heterocycles. The summed E-state index contributed by atoms with van der Waals surface area (Å²) in [5.74, 6) is 1.45.